The summed E-state index contributed by atoms with van der Waals surface area (Å²) < 4.78 is 0. The maximum Gasteiger partial charge on any atom is 0.00750 e. The molecular weight excluding hydrogens is 122 g/mol. The highest BCUT2D eigenvalue weighted by atomic mass is 32.1. The van der Waals surface area contributed by atoms with Crippen molar-refractivity contribution in [1.29, 1.82) is 0 Å². The van der Waals surface area contributed by atoms with Crippen LogP contribution in [0.1, 0.15) is 0 Å². The molecule has 5 N–H and O–H groups in total. The first-order valence-corrected chi connectivity index (χ1v) is 2.52. The Labute approximate surface area is 57.3 Å². The monoisotopic (exact) mass is 137 g/mol. The van der Waals surface area contributed by atoms with Gasteiger partial charge >= 0.3 is 0 Å². The molecule has 0 amide bonds. The van der Waals surface area contributed by atoms with Crippen LogP contribution in [0, 0.1) is 0 Å². The van der Waals surface area contributed by atoms with Crippen molar-refractivity contribution in [3.63, 3.8) is 0 Å². The molecule has 0 spiro atoms. The minimum absolute atomic E-state index is 0. The van der Waals surface area contributed by atoms with Gasteiger partial charge in [0, 0.05) is 26.2 Å². The van der Waals surface area contributed by atoms with Gasteiger partial charge in [-0.2, -0.15) is 13.5 Å². The van der Waals surface area contributed by atoms with Gasteiger partial charge in [-0.05, 0) is 0 Å². The zero-order valence-corrected chi connectivity index (χ0v) is 5.98. The van der Waals surface area contributed by atoms with E-state index in [2.05, 4.69) is 5.32 Å². The summed E-state index contributed by atoms with van der Waals surface area (Å²) in [7, 11) is 0. The van der Waals surface area contributed by atoms with E-state index in [1.54, 1.807) is 0 Å². The van der Waals surface area contributed by atoms with Crippen molar-refractivity contribution in [3.05, 3.63) is 0 Å². The fourth-order valence-corrected chi connectivity index (χ4v) is 0.329. The zero-order chi connectivity index (χ0) is 5.54. The van der Waals surface area contributed by atoms with Crippen molar-refractivity contribution < 1.29 is 0 Å². The quantitative estimate of drug-likeness (QED) is 0.418. The van der Waals surface area contributed by atoms with Gasteiger partial charge in [0.05, 0.1) is 0 Å². The SMILES string of the molecule is NCCNCCN.S. The molecule has 0 aliphatic heterocycles. The van der Waals surface area contributed by atoms with Crippen molar-refractivity contribution in [3.8, 4) is 0 Å². The van der Waals surface area contributed by atoms with E-state index >= 15 is 0 Å². The van der Waals surface area contributed by atoms with Gasteiger partial charge in [-0.1, -0.05) is 0 Å². The molecule has 0 radical (unpaired) electrons. The average Bonchev–Trinajstić information content (AvgIpc) is 1.69. The summed E-state index contributed by atoms with van der Waals surface area (Å²) in [6.45, 7) is 3.13. The van der Waals surface area contributed by atoms with E-state index in [1.807, 2.05) is 0 Å². The summed E-state index contributed by atoms with van der Waals surface area (Å²) in [4.78, 5) is 0. The van der Waals surface area contributed by atoms with E-state index in [9.17, 15) is 0 Å². The largest absolute Gasteiger partial charge is 0.329 e. The molecule has 0 unspecified atom stereocenters. The predicted molar refractivity (Wildman–Crippen MR) is 41.4 cm³/mol. The predicted octanol–water partition coefficient (Wildman–Crippen LogP) is -1.39. The van der Waals surface area contributed by atoms with E-state index in [4.69, 9.17) is 11.5 Å². The highest BCUT2D eigenvalue weighted by molar-refractivity contribution is 7.59. The lowest BCUT2D eigenvalue weighted by Gasteiger charge is -1.95. The first-order valence-electron chi connectivity index (χ1n) is 2.52. The highest BCUT2D eigenvalue weighted by Crippen LogP contribution is 1.49. The van der Waals surface area contributed by atoms with E-state index < -0.39 is 0 Å². The van der Waals surface area contributed by atoms with E-state index in [1.165, 1.54) is 0 Å². The third-order valence-corrected chi connectivity index (χ3v) is 0.642. The molecule has 0 aliphatic carbocycles. The van der Waals surface area contributed by atoms with Crippen molar-refractivity contribution in [2.75, 3.05) is 26.2 Å². The van der Waals surface area contributed by atoms with Crippen molar-refractivity contribution in [2.45, 2.75) is 0 Å². The van der Waals surface area contributed by atoms with Gasteiger partial charge in [-0.15, -0.1) is 0 Å². The fraction of sp³-hybridized carbons (Fsp3) is 1.00. The second-order valence-electron chi connectivity index (χ2n) is 1.33. The van der Waals surface area contributed by atoms with E-state index in [0.717, 1.165) is 13.1 Å². The Morgan fingerprint density at radius 3 is 1.62 bits per heavy atom. The van der Waals surface area contributed by atoms with Crippen LogP contribution in [0.5, 0.6) is 0 Å². The zero-order valence-electron chi connectivity index (χ0n) is 4.98. The Hall–Kier alpha value is 0.230. The molecule has 0 saturated carbocycles. The Bertz CT molecular complexity index is 30.5. The lowest BCUT2D eigenvalue weighted by Crippen LogP contribution is -2.27. The smallest absolute Gasteiger partial charge is 0.00750 e. The highest BCUT2D eigenvalue weighted by Gasteiger charge is 1.76. The van der Waals surface area contributed by atoms with Gasteiger partial charge in [0.15, 0.2) is 0 Å². The molecule has 0 rings (SSSR count). The Morgan fingerprint density at radius 1 is 1.00 bits per heavy atom. The minimum Gasteiger partial charge on any atom is -0.329 e. The lowest BCUT2D eigenvalue weighted by molar-refractivity contribution is 0.696. The molecule has 0 saturated heterocycles. The molecule has 3 nitrogen and oxygen atoms in total. The molecule has 4 heteroatoms. The minimum atomic E-state index is 0. The van der Waals surface area contributed by atoms with Gasteiger partial charge in [0.2, 0.25) is 0 Å². The Balaban J connectivity index is 0. The van der Waals surface area contributed by atoms with Crippen LogP contribution >= 0.6 is 13.5 Å². The Kier molecular flexibility index (Phi) is 14.2. The number of nitrogens with two attached hydrogens (primary N) is 2. The van der Waals surface area contributed by atoms with Crippen molar-refractivity contribution in [1.82, 2.24) is 5.32 Å². The maximum absolute atomic E-state index is 5.17. The Morgan fingerprint density at radius 2 is 1.38 bits per heavy atom. The van der Waals surface area contributed by atoms with Crippen LogP contribution in [0.15, 0.2) is 0 Å². The maximum atomic E-state index is 5.17. The van der Waals surface area contributed by atoms with E-state index in [0.29, 0.717) is 13.1 Å². The molecule has 0 heterocycles. The molecular formula is C4H15N3S. The number of hydrogen-bond donors (Lipinski definition) is 3. The normalized spacial score (nSPS) is 8.25. The van der Waals surface area contributed by atoms with Crippen LogP contribution in [0.3, 0.4) is 0 Å². The van der Waals surface area contributed by atoms with Crippen LogP contribution in [-0.4, -0.2) is 26.2 Å². The fourth-order valence-electron chi connectivity index (χ4n) is 0.329. The van der Waals surface area contributed by atoms with Gasteiger partial charge in [-0.3, -0.25) is 0 Å². The number of nitrogens with one attached hydrogen (secondary N) is 1. The molecule has 0 aromatic carbocycles. The second-order valence-corrected chi connectivity index (χ2v) is 1.33. The molecule has 8 heavy (non-hydrogen) atoms. The van der Waals surface area contributed by atoms with Gasteiger partial charge in [-0.25, -0.2) is 0 Å². The number of rotatable bonds is 4. The van der Waals surface area contributed by atoms with Gasteiger partial charge < -0.3 is 16.8 Å². The van der Waals surface area contributed by atoms with Gasteiger partial charge in [0.1, 0.15) is 0 Å². The van der Waals surface area contributed by atoms with Crippen LogP contribution in [0.4, 0.5) is 0 Å². The molecule has 52 valence electrons. The third kappa shape index (κ3) is 9.52. The average molecular weight is 137 g/mol. The van der Waals surface area contributed by atoms with Crippen molar-refractivity contribution in [2.24, 2.45) is 11.5 Å². The van der Waals surface area contributed by atoms with Gasteiger partial charge in [0.25, 0.3) is 0 Å². The van der Waals surface area contributed by atoms with Crippen LogP contribution < -0.4 is 16.8 Å². The first-order chi connectivity index (χ1) is 3.41. The van der Waals surface area contributed by atoms with Crippen LogP contribution in [0.25, 0.3) is 0 Å². The molecule has 0 aromatic rings. The summed E-state index contributed by atoms with van der Waals surface area (Å²) >= 11 is 0. The lowest BCUT2D eigenvalue weighted by atomic mass is 10.6. The first kappa shape index (κ1) is 11.1. The van der Waals surface area contributed by atoms with E-state index in [-0.39, 0.29) is 13.5 Å². The number of hydrogen-bond acceptors (Lipinski definition) is 3. The van der Waals surface area contributed by atoms with Crippen LogP contribution in [0.2, 0.25) is 0 Å². The molecule has 0 aliphatic rings. The molecule has 0 fully saturated rings. The summed E-state index contributed by atoms with van der Waals surface area (Å²) in [6, 6.07) is 0. The third-order valence-electron chi connectivity index (χ3n) is 0.642. The second kappa shape index (κ2) is 10.3. The van der Waals surface area contributed by atoms with Crippen LogP contribution in [-0.2, 0) is 0 Å². The summed E-state index contributed by atoms with van der Waals surface area (Å²) in [6.07, 6.45) is 0. The molecule has 0 aromatic heterocycles. The topological polar surface area (TPSA) is 64.1 Å². The molecule has 0 bridgehead atoms. The standard InChI is InChI=1S/C4H13N3.H2S/c5-1-3-7-4-2-6;/h7H,1-6H2;1H2. The summed E-state index contributed by atoms with van der Waals surface area (Å²) in [5, 5.41) is 3.03. The summed E-state index contributed by atoms with van der Waals surface area (Å²) in [5.41, 5.74) is 10.3. The summed E-state index contributed by atoms with van der Waals surface area (Å²) in [5.74, 6) is 0. The van der Waals surface area contributed by atoms with Crippen molar-refractivity contribution >= 4 is 13.5 Å². The molecule has 0 atom stereocenters.